The summed E-state index contributed by atoms with van der Waals surface area (Å²) in [6.45, 7) is 17.6. The molecule has 0 saturated carbocycles. The Morgan fingerprint density at radius 1 is 0.900 bits per heavy atom. The van der Waals surface area contributed by atoms with Gasteiger partial charge in [0.05, 0.1) is 5.04 Å². The zero-order valence-electron chi connectivity index (χ0n) is 14.7. The monoisotopic (exact) mass is 295 g/mol. The van der Waals surface area contributed by atoms with Crippen molar-refractivity contribution in [3.8, 4) is 0 Å². The fraction of sp³-hybridized carbons (Fsp3) is 0.611. The molecule has 1 aromatic rings. The van der Waals surface area contributed by atoms with E-state index in [-0.39, 0.29) is 0 Å². The molecule has 2 heteroatoms. The van der Waals surface area contributed by atoms with Gasteiger partial charge in [0.1, 0.15) is 0 Å². The lowest BCUT2D eigenvalue weighted by molar-refractivity contribution is 0.896. The number of aryl methyl sites for hydroxylation is 2. The van der Waals surface area contributed by atoms with Crippen LogP contribution in [0.2, 0.25) is 0 Å². The van der Waals surface area contributed by atoms with Crippen LogP contribution in [0.3, 0.4) is 0 Å². The Hall–Kier alpha value is -0.760. The van der Waals surface area contributed by atoms with Crippen LogP contribution >= 0.6 is 11.8 Å². The number of aliphatic imine (C=N–C) groups is 1. The highest BCUT2D eigenvalue weighted by Gasteiger charge is 2.09. The van der Waals surface area contributed by atoms with Crippen LogP contribution in [0.4, 0.5) is 0 Å². The molecule has 0 fully saturated rings. The molecule has 0 bridgehead atoms. The van der Waals surface area contributed by atoms with Gasteiger partial charge in [-0.25, -0.2) is 0 Å². The van der Waals surface area contributed by atoms with Crippen molar-refractivity contribution in [2.45, 2.75) is 55.4 Å². The average Bonchev–Trinajstić information content (AvgIpc) is 3.02. The van der Waals surface area contributed by atoms with Crippen molar-refractivity contribution in [3.05, 3.63) is 35.4 Å². The molecule has 0 unspecified atom stereocenters. The third-order valence-electron chi connectivity index (χ3n) is 2.32. The van der Waals surface area contributed by atoms with E-state index in [0.717, 1.165) is 6.54 Å². The lowest BCUT2D eigenvalue weighted by Crippen LogP contribution is -1.97. The minimum atomic E-state index is 0.655. The Kier molecular flexibility index (Phi) is 15.8. The highest BCUT2D eigenvalue weighted by molar-refractivity contribution is 8.14. The van der Waals surface area contributed by atoms with Gasteiger partial charge < -0.3 is 0 Å². The summed E-state index contributed by atoms with van der Waals surface area (Å²) in [5.41, 5.74) is 2.66. The summed E-state index contributed by atoms with van der Waals surface area (Å²) in [5, 5.41) is 1.34. The van der Waals surface area contributed by atoms with Gasteiger partial charge in [0.15, 0.2) is 0 Å². The van der Waals surface area contributed by atoms with Gasteiger partial charge in [0, 0.05) is 18.2 Å². The smallest absolute Gasteiger partial charge is 0.0702 e. The standard InChI is InChI=1S/C8H10.C6H11NS.2C2H6/c1-7-3-5-8(2)6-4-7;1-5(2)6-7-3-4-8-6;2*1-2/h3-6H,1-2H3;5H,3-4H2,1-2H3;2*1-2H3. The van der Waals surface area contributed by atoms with Crippen LogP contribution in [-0.2, 0) is 0 Å². The second-order valence-electron chi connectivity index (χ2n) is 4.38. The molecule has 0 saturated heterocycles. The molecule has 0 atom stereocenters. The largest absolute Gasteiger partial charge is 0.282 e. The van der Waals surface area contributed by atoms with Crippen LogP contribution in [0.15, 0.2) is 29.3 Å². The predicted octanol–water partition coefficient (Wildman–Crippen LogP) is 6.14. The predicted molar refractivity (Wildman–Crippen MR) is 98.2 cm³/mol. The van der Waals surface area contributed by atoms with E-state index in [2.05, 4.69) is 57.0 Å². The maximum atomic E-state index is 4.31. The fourth-order valence-corrected chi connectivity index (χ4v) is 2.25. The van der Waals surface area contributed by atoms with Crippen molar-refractivity contribution in [2.75, 3.05) is 12.3 Å². The molecule has 0 spiro atoms. The number of hydrogen-bond acceptors (Lipinski definition) is 2. The molecule has 1 aromatic carbocycles. The summed E-state index contributed by atoms with van der Waals surface area (Å²) in [6, 6.07) is 8.48. The maximum absolute atomic E-state index is 4.31. The van der Waals surface area contributed by atoms with E-state index < -0.39 is 0 Å². The first-order valence-corrected chi connectivity index (χ1v) is 8.78. The summed E-state index contributed by atoms with van der Waals surface area (Å²) < 4.78 is 0. The summed E-state index contributed by atoms with van der Waals surface area (Å²) >= 11 is 1.90. The topological polar surface area (TPSA) is 12.4 Å². The van der Waals surface area contributed by atoms with Crippen LogP contribution in [0.25, 0.3) is 0 Å². The van der Waals surface area contributed by atoms with Crippen molar-refractivity contribution in [1.29, 1.82) is 0 Å². The molecule has 0 N–H and O–H groups in total. The molecule has 0 aliphatic carbocycles. The van der Waals surface area contributed by atoms with Gasteiger partial charge in [-0.3, -0.25) is 4.99 Å². The highest BCUT2D eigenvalue weighted by Crippen LogP contribution is 2.17. The number of nitrogens with zero attached hydrogens (tertiary/aromatic N) is 1. The molecule has 2 rings (SSSR count). The van der Waals surface area contributed by atoms with Crippen LogP contribution in [0.5, 0.6) is 0 Å². The Labute approximate surface area is 131 Å². The van der Waals surface area contributed by atoms with Crippen molar-refractivity contribution in [3.63, 3.8) is 0 Å². The summed E-state index contributed by atoms with van der Waals surface area (Å²) in [5.74, 6) is 1.86. The van der Waals surface area contributed by atoms with E-state index >= 15 is 0 Å². The Morgan fingerprint density at radius 3 is 1.50 bits per heavy atom. The second-order valence-corrected chi connectivity index (χ2v) is 5.49. The van der Waals surface area contributed by atoms with Gasteiger partial charge in [-0.15, -0.1) is 11.8 Å². The van der Waals surface area contributed by atoms with E-state index in [4.69, 9.17) is 0 Å². The quantitative estimate of drug-likeness (QED) is 0.606. The minimum absolute atomic E-state index is 0.655. The van der Waals surface area contributed by atoms with E-state index in [1.54, 1.807) is 0 Å². The first-order chi connectivity index (χ1) is 9.59. The van der Waals surface area contributed by atoms with E-state index in [9.17, 15) is 0 Å². The number of thioether (sulfide) groups is 1. The molecule has 0 aromatic heterocycles. The molecular formula is C18H33NS. The summed E-state index contributed by atoms with van der Waals surface area (Å²) in [6.07, 6.45) is 0. The normalized spacial score (nSPS) is 12.2. The molecule has 1 nitrogen and oxygen atoms in total. The van der Waals surface area contributed by atoms with Gasteiger partial charge in [0.25, 0.3) is 0 Å². The van der Waals surface area contributed by atoms with E-state index in [0.29, 0.717) is 5.92 Å². The first-order valence-electron chi connectivity index (χ1n) is 7.80. The zero-order valence-corrected chi connectivity index (χ0v) is 15.5. The minimum Gasteiger partial charge on any atom is -0.282 e. The molecule has 1 aliphatic heterocycles. The first kappa shape index (κ1) is 21.5. The zero-order chi connectivity index (χ0) is 16.0. The average molecular weight is 296 g/mol. The number of benzene rings is 1. The summed E-state index contributed by atoms with van der Waals surface area (Å²) in [7, 11) is 0. The Morgan fingerprint density at radius 2 is 1.30 bits per heavy atom. The van der Waals surface area contributed by atoms with Crippen LogP contribution in [0.1, 0.15) is 52.7 Å². The lowest BCUT2D eigenvalue weighted by atomic mass is 10.2. The van der Waals surface area contributed by atoms with Crippen LogP contribution < -0.4 is 0 Å². The Balaban J connectivity index is 0. The molecule has 1 heterocycles. The molecule has 0 radical (unpaired) electrons. The van der Waals surface area contributed by atoms with E-state index in [1.807, 2.05) is 39.5 Å². The SMILES string of the molecule is CC.CC.CC(C)C1=NCCS1.Cc1ccc(C)cc1. The summed E-state index contributed by atoms with van der Waals surface area (Å²) in [4.78, 5) is 4.31. The highest BCUT2D eigenvalue weighted by atomic mass is 32.2. The molecule has 0 amide bonds. The Bertz CT molecular complexity index is 318. The molecule has 20 heavy (non-hydrogen) atoms. The van der Waals surface area contributed by atoms with Crippen molar-refractivity contribution in [2.24, 2.45) is 10.9 Å². The fourth-order valence-electron chi connectivity index (χ4n) is 1.34. The van der Waals surface area contributed by atoms with Gasteiger partial charge in [-0.1, -0.05) is 76.9 Å². The van der Waals surface area contributed by atoms with Crippen LogP contribution in [0, 0.1) is 19.8 Å². The van der Waals surface area contributed by atoms with E-state index in [1.165, 1.54) is 21.9 Å². The third kappa shape index (κ3) is 11.1. The maximum Gasteiger partial charge on any atom is 0.0702 e. The number of hydrogen-bond donors (Lipinski definition) is 0. The van der Waals surface area contributed by atoms with Crippen molar-refractivity contribution in [1.82, 2.24) is 0 Å². The van der Waals surface area contributed by atoms with Gasteiger partial charge >= 0.3 is 0 Å². The van der Waals surface area contributed by atoms with Gasteiger partial charge in [0.2, 0.25) is 0 Å². The van der Waals surface area contributed by atoms with Crippen molar-refractivity contribution < 1.29 is 0 Å². The van der Waals surface area contributed by atoms with Crippen molar-refractivity contribution >= 4 is 16.8 Å². The second kappa shape index (κ2) is 14.6. The lowest BCUT2D eigenvalue weighted by Gasteiger charge is -1.99. The number of rotatable bonds is 1. The molecular weight excluding hydrogens is 262 g/mol. The van der Waals surface area contributed by atoms with Gasteiger partial charge in [-0.2, -0.15) is 0 Å². The van der Waals surface area contributed by atoms with Gasteiger partial charge in [-0.05, 0) is 13.8 Å². The third-order valence-corrected chi connectivity index (χ3v) is 3.60. The molecule has 1 aliphatic rings. The molecule has 116 valence electrons. The van der Waals surface area contributed by atoms with Crippen LogP contribution in [-0.4, -0.2) is 17.3 Å².